The molecule has 114 valence electrons. The van der Waals surface area contributed by atoms with E-state index in [0.29, 0.717) is 44.8 Å². The van der Waals surface area contributed by atoms with Crippen LogP contribution in [0.4, 0.5) is 0 Å². The molecule has 3 rings (SSSR count). The van der Waals surface area contributed by atoms with Crippen LogP contribution in [0.1, 0.15) is 10.4 Å². The lowest BCUT2D eigenvalue weighted by molar-refractivity contribution is 0.0655. The highest BCUT2D eigenvalue weighted by Gasteiger charge is 2.43. The van der Waals surface area contributed by atoms with Crippen molar-refractivity contribution in [3.8, 4) is 0 Å². The van der Waals surface area contributed by atoms with E-state index < -0.39 is 15.3 Å². The summed E-state index contributed by atoms with van der Waals surface area (Å²) in [6, 6.07) is 8.97. The van der Waals surface area contributed by atoms with Gasteiger partial charge in [0.25, 0.3) is 5.91 Å². The number of piperazine rings is 1. The first-order chi connectivity index (χ1) is 10.1. The molecule has 0 atom stereocenters. The molecule has 2 fully saturated rings. The van der Waals surface area contributed by atoms with E-state index in [9.17, 15) is 13.2 Å². The fourth-order valence-corrected chi connectivity index (χ4v) is 4.52. The standard InChI is InChI=1S/C14H19N3O3S/c18-14(12-4-2-1-3-5-12)16-10-13(11-16)21(19,20)17-8-6-15-7-9-17/h1-5,13,15H,6-11H2. The number of hydrogen-bond donors (Lipinski definition) is 1. The molecule has 1 aromatic rings. The minimum absolute atomic E-state index is 0.0950. The Hall–Kier alpha value is -1.44. The molecular formula is C14H19N3O3S. The van der Waals surface area contributed by atoms with Crippen molar-refractivity contribution in [2.24, 2.45) is 0 Å². The van der Waals surface area contributed by atoms with Gasteiger partial charge >= 0.3 is 0 Å². The summed E-state index contributed by atoms with van der Waals surface area (Å²) in [6.45, 7) is 3.01. The monoisotopic (exact) mass is 309 g/mol. The normalized spacial score (nSPS) is 21.0. The number of carbonyl (C=O) groups excluding carboxylic acids is 1. The maximum atomic E-state index is 12.4. The minimum atomic E-state index is -3.27. The Kier molecular flexibility index (Phi) is 3.97. The fourth-order valence-electron chi connectivity index (χ4n) is 2.67. The molecule has 1 N–H and O–H groups in total. The molecule has 2 heterocycles. The van der Waals surface area contributed by atoms with Gasteiger partial charge in [-0.25, -0.2) is 8.42 Å². The van der Waals surface area contributed by atoms with Crippen LogP contribution in [0.5, 0.6) is 0 Å². The molecule has 21 heavy (non-hydrogen) atoms. The third-order valence-corrected chi connectivity index (χ3v) is 6.24. The van der Waals surface area contributed by atoms with Crippen LogP contribution in [-0.4, -0.2) is 68.0 Å². The number of carbonyl (C=O) groups is 1. The van der Waals surface area contributed by atoms with Gasteiger partial charge in [-0.15, -0.1) is 0 Å². The maximum absolute atomic E-state index is 12.4. The zero-order chi connectivity index (χ0) is 14.9. The van der Waals surface area contributed by atoms with E-state index in [1.807, 2.05) is 18.2 Å². The number of rotatable bonds is 3. The predicted octanol–water partition coefficient (Wildman–Crippen LogP) is -0.254. The number of hydrogen-bond acceptors (Lipinski definition) is 4. The fraction of sp³-hybridized carbons (Fsp3) is 0.500. The number of nitrogens with one attached hydrogen (secondary N) is 1. The first kappa shape index (κ1) is 14.5. The van der Waals surface area contributed by atoms with Crippen LogP contribution in [0.25, 0.3) is 0 Å². The van der Waals surface area contributed by atoms with E-state index in [2.05, 4.69) is 5.32 Å². The number of sulfonamides is 1. The second-order valence-corrected chi connectivity index (χ2v) is 7.61. The molecule has 0 spiro atoms. The molecule has 2 aliphatic rings. The third kappa shape index (κ3) is 2.81. The molecule has 2 aliphatic heterocycles. The average molecular weight is 309 g/mol. The molecule has 0 radical (unpaired) electrons. The molecule has 0 aromatic heterocycles. The summed E-state index contributed by atoms with van der Waals surface area (Å²) in [5.74, 6) is -0.0950. The van der Waals surface area contributed by atoms with Gasteiger partial charge in [0.15, 0.2) is 0 Å². The first-order valence-electron chi connectivity index (χ1n) is 7.13. The van der Waals surface area contributed by atoms with Crippen molar-refractivity contribution in [3.63, 3.8) is 0 Å². The highest BCUT2D eigenvalue weighted by Crippen LogP contribution is 2.22. The summed E-state index contributed by atoms with van der Waals surface area (Å²) in [5, 5.41) is 2.68. The molecule has 1 aromatic carbocycles. The second kappa shape index (κ2) is 5.75. The number of amides is 1. The van der Waals surface area contributed by atoms with Crippen molar-refractivity contribution in [2.45, 2.75) is 5.25 Å². The lowest BCUT2D eigenvalue weighted by Gasteiger charge is -2.41. The third-order valence-electron chi connectivity index (χ3n) is 4.01. The number of benzene rings is 1. The van der Waals surface area contributed by atoms with Crippen molar-refractivity contribution in [1.29, 1.82) is 0 Å². The Balaban J connectivity index is 1.61. The summed E-state index contributed by atoms with van der Waals surface area (Å²) in [6.07, 6.45) is 0. The first-order valence-corrected chi connectivity index (χ1v) is 8.63. The summed E-state index contributed by atoms with van der Waals surface area (Å²) >= 11 is 0. The smallest absolute Gasteiger partial charge is 0.253 e. The van der Waals surface area contributed by atoms with Crippen LogP contribution >= 0.6 is 0 Å². The topological polar surface area (TPSA) is 69.7 Å². The van der Waals surface area contributed by atoms with Gasteiger partial charge in [0.1, 0.15) is 5.25 Å². The Morgan fingerprint density at radius 2 is 1.71 bits per heavy atom. The minimum Gasteiger partial charge on any atom is -0.336 e. The Labute approximate surface area is 124 Å². The van der Waals surface area contributed by atoms with Crippen molar-refractivity contribution in [1.82, 2.24) is 14.5 Å². The van der Waals surface area contributed by atoms with E-state index in [4.69, 9.17) is 0 Å². The van der Waals surface area contributed by atoms with Crippen LogP contribution in [0.15, 0.2) is 30.3 Å². The Morgan fingerprint density at radius 1 is 1.10 bits per heavy atom. The van der Waals surface area contributed by atoms with Gasteiger partial charge in [0.2, 0.25) is 10.0 Å². The molecule has 2 saturated heterocycles. The highest BCUT2D eigenvalue weighted by atomic mass is 32.2. The van der Waals surface area contributed by atoms with Crippen molar-refractivity contribution in [2.75, 3.05) is 39.3 Å². The highest BCUT2D eigenvalue weighted by molar-refractivity contribution is 7.89. The van der Waals surface area contributed by atoms with E-state index in [0.717, 1.165) is 0 Å². The Morgan fingerprint density at radius 3 is 2.33 bits per heavy atom. The number of nitrogens with zero attached hydrogens (tertiary/aromatic N) is 2. The van der Waals surface area contributed by atoms with Gasteiger partial charge in [-0.2, -0.15) is 4.31 Å². The van der Waals surface area contributed by atoms with Crippen molar-refractivity contribution in [3.05, 3.63) is 35.9 Å². The maximum Gasteiger partial charge on any atom is 0.253 e. The Bertz CT molecular complexity index is 606. The van der Waals surface area contributed by atoms with Crippen LogP contribution in [0.2, 0.25) is 0 Å². The molecule has 6 nitrogen and oxygen atoms in total. The van der Waals surface area contributed by atoms with E-state index >= 15 is 0 Å². The SMILES string of the molecule is O=C(c1ccccc1)N1CC(S(=O)(=O)N2CCNCC2)C1. The predicted molar refractivity (Wildman–Crippen MR) is 79.5 cm³/mol. The summed E-state index contributed by atoms with van der Waals surface area (Å²) < 4.78 is 26.4. The molecule has 0 aliphatic carbocycles. The summed E-state index contributed by atoms with van der Waals surface area (Å²) in [5.41, 5.74) is 0.607. The molecule has 0 bridgehead atoms. The lowest BCUT2D eigenvalue weighted by atomic mass is 10.1. The molecule has 7 heteroatoms. The van der Waals surface area contributed by atoms with Gasteiger partial charge in [0.05, 0.1) is 0 Å². The van der Waals surface area contributed by atoms with E-state index in [1.165, 1.54) is 0 Å². The van der Waals surface area contributed by atoms with Gasteiger partial charge in [0, 0.05) is 44.8 Å². The van der Waals surface area contributed by atoms with Gasteiger partial charge in [-0.05, 0) is 12.1 Å². The van der Waals surface area contributed by atoms with Crippen LogP contribution in [0, 0.1) is 0 Å². The zero-order valence-corrected chi connectivity index (χ0v) is 12.6. The number of likely N-dealkylation sites (tertiary alicyclic amines) is 1. The van der Waals surface area contributed by atoms with Crippen LogP contribution in [-0.2, 0) is 10.0 Å². The van der Waals surface area contributed by atoms with E-state index in [-0.39, 0.29) is 5.91 Å². The van der Waals surface area contributed by atoms with Gasteiger partial charge in [-0.3, -0.25) is 4.79 Å². The van der Waals surface area contributed by atoms with Crippen LogP contribution in [0.3, 0.4) is 0 Å². The van der Waals surface area contributed by atoms with E-state index in [1.54, 1.807) is 21.3 Å². The van der Waals surface area contributed by atoms with Gasteiger partial charge < -0.3 is 10.2 Å². The van der Waals surface area contributed by atoms with Crippen molar-refractivity contribution < 1.29 is 13.2 Å². The van der Waals surface area contributed by atoms with Crippen molar-refractivity contribution >= 4 is 15.9 Å². The lowest BCUT2D eigenvalue weighted by Crippen LogP contribution is -2.61. The van der Waals surface area contributed by atoms with Gasteiger partial charge in [-0.1, -0.05) is 18.2 Å². The quantitative estimate of drug-likeness (QED) is 0.836. The molecule has 0 saturated carbocycles. The van der Waals surface area contributed by atoms with Crippen LogP contribution < -0.4 is 5.32 Å². The zero-order valence-electron chi connectivity index (χ0n) is 11.7. The molecule has 0 unspecified atom stereocenters. The average Bonchev–Trinajstić information content (AvgIpc) is 2.47. The molecular weight excluding hydrogens is 290 g/mol. The largest absolute Gasteiger partial charge is 0.336 e. The second-order valence-electron chi connectivity index (χ2n) is 5.39. The summed E-state index contributed by atoms with van der Waals surface area (Å²) in [4.78, 5) is 13.8. The summed E-state index contributed by atoms with van der Waals surface area (Å²) in [7, 11) is -3.27. The molecule has 1 amide bonds.